The quantitative estimate of drug-likeness (QED) is 0.689. The van der Waals surface area contributed by atoms with Crippen LogP contribution in [0.15, 0.2) is 45.6 Å². The molecule has 0 bridgehead atoms. The van der Waals surface area contributed by atoms with Crippen molar-refractivity contribution in [2.75, 3.05) is 7.05 Å². The molecule has 1 unspecified atom stereocenters. The summed E-state index contributed by atoms with van der Waals surface area (Å²) in [6.45, 7) is 0. The summed E-state index contributed by atoms with van der Waals surface area (Å²) in [6, 6.07) is 13.8. The summed E-state index contributed by atoms with van der Waals surface area (Å²) in [5, 5.41) is 8.61. The van der Waals surface area contributed by atoms with Crippen LogP contribution >= 0.6 is 27.3 Å². The maximum atomic E-state index is 3.58. The molecule has 0 fully saturated rings. The second kappa shape index (κ2) is 5.24. The Labute approximate surface area is 137 Å². The zero-order valence-corrected chi connectivity index (χ0v) is 14.2. The Bertz CT molecular complexity index is 811. The Morgan fingerprint density at radius 2 is 1.95 bits per heavy atom. The topological polar surface area (TPSA) is 12.0 Å². The average Bonchev–Trinajstić information content (AvgIpc) is 3.10. The molecule has 0 saturated carbocycles. The van der Waals surface area contributed by atoms with Crippen LogP contribution in [0.1, 0.15) is 28.3 Å². The molecule has 4 rings (SSSR count). The largest absolute Gasteiger partial charge is 0.309 e. The maximum Gasteiger partial charge on any atom is 0.0701 e. The Kier molecular flexibility index (Phi) is 3.37. The van der Waals surface area contributed by atoms with Gasteiger partial charge < -0.3 is 5.32 Å². The van der Waals surface area contributed by atoms with Gasteiger partial charge in [0.15, 0.2) is 0 Å². The van der Waals surface area contributed by atoms with Gasteiger partial charge in [-0.25, -0.2) is 0 Å². The fourth-order valence-corrected chi connectivity index (χ4v) is 4.70. The van der Waals surface area contributed by atoms with Crippen LogP contribution in [0.25, 0.3) is 10.8 Å². The van der Waals surface area contributed by atoms with E-state index in [2.05, 4.69) is 63.0 Å². The van der Waals surface area contributed by atoms with Crippen LogP contribution in [0.3, 0.4) is 0 Å². The number of benzene rings is 2. The molecule has 1 heterocycles. The van der Waals surface area contributed by atoms with Gasteiger partial charge in [0.05, 0.1) is 9.83 Å². The van der Waals surface area contributed by atoms with E-state index in [1.54, 1.807) is 11.3 Å². The number of hydrogen-bond acceptors (Lipinski definition) is 2. The zero-order valence-electron chi connectivity index (χ0n) is 11.8. The molecule has 3 aromatic rings. The third-order valence-electron chi connectivity index (χ3n) is 4.43. The van der Waals surface area contributed by atoms with E-state index in [1.807, 2.05) is 7.05 Å². The van der Waals surface area contributed by atoms with Crippen molar-refractivity contribution >= 4 is 38.0 Å². The number of hydrogen-bond donors (Lipinski definition) is 1. The molecule has 0 aliphatic heterocycles. The summed E-state index contributed by atoms with van der Waals surface area (Å²) in [7, 11) is 2.04. The van der Waals surface area contributed by atoms with Gasteiger partial charge in [0.2, 0.25) is 0 Å². The second-order valence-corrected chi connectivity index (χ2v) is 7.85. The predicted molar refractivity (Wildman–Crippen MR) is 94.3 cm³/mol. The molecule has 1 aliphatic rings. The number of aryl methyl sites for hydroxylation is 2. The summed E-state index contributed by atoms with van der Waals surface area (Å²) in [5.41, 5.74) is 5.72. The molecule has 0 amide bonds. The van der Waals surface area contributed by atoms with Crippen molar-refractivity contribution in [1.82, 2.24) is 5.32 Å². The minimum absolute atomic E-state index is 0.248. The van der Waals surface area contributed by atoms with Crippen molar-refractivity contribution in [3.63, 3.8) is 0 Å². The van der Waals surface area contributed by atoms with E-state index in [0.29, 0.717) is 0 Å². The molecule has 1 aromatic heterocycles. The standard InChI is InChI=1S/C18H16BrNS/c1-20-18(13-9-16(19)21-10-13)15-8-7-12-6-5-11-3-2-4-14(15)17(11)12/h2-4,7-10,18,20H,5-6H2,1H3. The van der Waals surface area contributed by atoms with Gasteiger partial charge in [-0.1, -0.05) is 30.3 Å². The lowest BCUT2D eigenvalue weighted by Crippen LogP contribution is -2.17. The van der Waals surface area contributed by atoms with E-state index in [4.69, 9.17) is 0 Å². The van der Waals surface area contributed by atoms with Crippen molar-refractivity contribution < 1.29 is 0 Å². The Balaban J connectivity index is 1.94. The SMILES string of the molecule is CNC(c1csc(Br)c1)c1ccc2c3c(cccc13)CC2. The highest BCUT2D eigenvalue weighted by molar-refractivity contribution is 9.11. The minimum Gasteiger partial charge on any atom is -0.309 e. The monoisotopic (exact) mass is 357 g/mol. The van der Waals surface area contributed by atoms with Gasteiger partial charge in [-0.15, -0.1) is 11.3 Å². The van der Waals surface area contributed by atoms with Crippen molar-refractivity contribution in [1.29, 1.82) is 0 Å². The molecule has 0 saturated heterocycles. The normalized spacial score (nSPS) is 14.8. The fourth-order valence-electron chi connectivity index (χ4n) is 3.50. The van der Waals surface area contributed by atoms with Crippen molar-refractivity contribution in [2.45, 2.75) is 18.9 Å². The summed E-state index contributed by atoms with van der Waals surface area (Å²) in [4.78, 5) is 0. The molecule has 1 nitrogen and oxygen atoms in total. The van der Waals surface area contributed by atoms with Crippen LogP contribution in [0.5, 0.6) is 0 Å². The van der Waals surface area contributed by atoms with E-state index in [0.717, 1.165) is 0 Å². The molecule has 2 aromatic carbocycles. The molecule has 0 spiro atoms. The summed E-state index contributed by atoms with van der Waals surface area (Å²) in [6.07, 6.45) is 2.37. The molecule has 3 heteroatoms. The highest BCUT2D eigenvalue weighted by Crippen LogP contribution is 2.37. The van der Waals surface area contributed by atoms with E-state index in [1.165, 1.54) is 49.7 Å². The van der Waals surface area contributed by atoms with Gasteiger partial charge in [-0.3, -0.25) is 0 Å². The molecule has 1 N–H and O–H groups in total. The molecular weight excluding hydrogens is 342 g/mol. The van der Waals surface area contributed by atoms with E-state index >= 15 is 0 Å². The number of thiophene rings is 1. The van der Waals surface area contributed by atoms with Crippen LogP contribution in [-0.2, 0) is 12.8 Å². The Morgan fingerprint density at radius 1 is 1.14 bits per heavy atom. The van der Waals surface area contributed by atoms with Gasteiger partial charge in [0, 0.05) is 0 Å². The van der Waals surface area contributed by atoms with Gasteiger partial charge in [-0.2, -0.15) is 0 Å². The highest BCUT2D eigenvalue weighted by Gasteiger charge is 2.20. The first-order valence-electron chi connectivity index (χ1n) is 7.22. The second-order valence-electron chi connectivity index (χ2n) is 5.56. The summed E-state index contributed by atoms with van der Waals surface area (Å²) < 4.78 is 1.18. The average molecular weight is 358 g/mol. The van der Waals surface area contributed by atoms with Gasteiger partial charge >= 0.3 is 0 Å². The molecule has 1 aliphatic carbocycles. The van der Waals surface area contributed by atoms with Crippen LogP contribution in [0, 0.1) is 0 Å². The smallest absolute Gasteiger partial charge is 0.0701 e. The first kappa shape index (κ1) is 13.5. The molecule has 106 valence electrons. The van der Waals surface area contributed by atoms with E-state index in [-0.39, 0.29) is 6.04 Å². The first-order valence-corrected chi connectivity index (χ1v) is 8.90. The maximum absolute atomic E-state index is 3.58. The van der Waals surface area contributed by atoms with Crippen LogP contribution in [0.4, 0.5) is 0 Å². The highest BCUT2D eigenvalue weighted by atomic mass is 79.9. The summed E-state index contributed by atoms with van der Waals surface area (Å²) in [5.74, 6) is 0. The van der Waals surface area contributed by atoms with Crippen molar-refractivity contribution in [3.05, 3.63) is 67.8 Å². The van der Waals surface area contributed by atoms with Crippen molar-refractivity contribution in [3.8, 4) is 0 Å². The van der Waals surface area contributed by atoms with E-state index < -0.39 is 0 Å². The van der Waals surface area contributed by atoms with Gasteiger partial charge in [0.1, 0.15) is 0 Å². The van der Waals surface area contributed by atoms with Gasteiger partial charge in [0.25, 0.3) is 0 Å². The number of halogens is 1. The molecular formula is C18H16BrNS. The van der Waals surface area contributed by atoms with Crippen LogP contribution < -0.4 is 5.32 Å². The Hall–Kier alpha value is -1.16. The zero-order chi connectivity index (χ0) is 14.4. The third-order valence-corrected chi connectivity index (χ3v) is 5.95. The van der Waals surface area contributed by atoms with Crippen LogP contribution in [-0.4, -0.2) is 7.05 Å². The predicted octanol–water partition coefficient (Wildman–Crippen LogP) is 5.07. The molecule has 1 atom stereocenters. The lowest BCUT2D eigenvalue weighted by atomic mass is 9.93. The number of nitrogens with one attached hydrogen (secondary N) is 1. The first-order chi connectivity index (χ1) is 10.3. The summed E-state index contributed by atoms with van der Waals surface area (Å²) >= 11 is 5.32. The molecule has 0 radical (unpaired) electrons. The third kappa shape index (κ3) is 2.15. The Morgan fingerprint density at radius 3 is 2.67 bits per heavy atom. The van der Waals surface area contributed by atoms with E-state index in [9.17, 15) is 0 Å². The van der Waals surface area contributed by atoms with Crippen LogP contribution in [0.2, 0.25) is 0 Å². The fraction of sp³-hybridized carbons (Fsp3) is 0.222. The van der Waals surface area contributed by atoms with Gasteiger partial charge in [-0.05, 0) is 80.3 Å². The number of rotatable bonds is 3. The van der Waals surface area contributed by atoms with Crippen molar-refractivity contribution in [2.24, 2.45) is 0 Å². The lowest BCUT2D eigenvalue weighted by Gasteiger charge is -2.19. The lowest BCUT2D eigenvalue weighted by molar-refractivity contribution is 0.699. The molecule has 21 heavy (non-hydrogen) atoms. The minimum atomic E-state index is 0.248.